The van der Waals surface area contributed by atoms with E-state index in [9.17, 15) is 4.79 Å². The van der Waals surface area contributed by atoms with Gasteiger partial charge in [0, 0.05) is 4.48 Å². The van der Waals surface area contributed by atoms with E-state index in [2.05, 4.69) is 33.8 Å². The molecule has 0 aromatic carbocycles. The van der Waals surface area contributed by atoms with Crippen LogP contribution in [0.2, 0.25) is 0 Å². The summed E-state index contributed by atoms with van der Waals surface area (Å²) in [6.07, 6.45) is 0. The molecule has 0 amide bonds. The molecule has 0 atom stereocenters. The second-order valence-electron chi connectivity index (χ2n) is 1.38. The average Bonchev–Trinajstić information content (AvgIpc) is 2.05. The lowest BCUT2D eigenvalue weighted by Gasteiger charge is -1.97. The van der Waals surface area contributed by atoms with E-state index < -0.39 is 5.97 Å². The fourth-order valence-electron chi connectivity index (χ4n) is 0.234. The summed E-state index contributed by atoms with van der Waals surface area (Å²) >= 11 is 2.99. The molecule has 11 heavy (non-hydrogen) atoms. The van der Waals surface area contributed by atoms with Crippen LogP contribution in [0.4, 0.5) is 0 Å². The van der Waals surface area contributed by atoms with Crippen molar-refractivity contribution in [1.29, 1.82) is 0 Å². The van der Waals surface area contributed by atoms with Gasteiger partial charge in [0.1, 0.15) is 0 Å². The second-order valence-corrected chi connectivity index (χ2v) is 2.33. The maximum absolute atomic E-state index is 10.5. The summed E-state index contributed by atoms with van der Waals surface area (Å²) in [7, 11) is 1.30. The van der Waals surface area contributed by atoms with Crippen molar-refractivity contribution in [3.63, 3.8) is 0 Å². The molecule has 0 bridgehead atoms. The molecule has 0 fully saturated rings. The zero-order chi connectivity index (χ0) is 9.44. The molecule has 0 spiro atoms. The summed E-state index contributed by atoms with van der Waals surface area (Å²) in [4.78, 5) is 10.5. The molecule has 0 saturated carbocycles. The van der Waals surface area contributed by atoms with Crippen LogP contribution in [0.5, 0.6) is 0 Å². The first-order valence-corrected chi connectivity index (χ1v) is 4.01. The van der Waals surface area contributed by atoms with Crippen molar-refractivity contribution in [3.05, 3.63) is 23.2 Å². The number of halogens is 1. The number of hydrogen-bond acceptors (Lipinski definition) is 2. The number of ether oxygens (including phenoxy) is 1. The second kappa shape index (κ2) is 7.54. The molecule has 3 heteroatoms. The number of methoxy groups -OCH3 is 1. The third-order valence-corrected chi connectivity index (χ3v) is 1.24. The van der Waals surface area contributed by atoms with Crippen molar-refractivity contribution >= 4 is 21.9 Å². The fourth-order valence-corrected chi connectivity index (χ4v) is 0.396. The Bertz CT molecular complexity index is 161. The van der Waals surface area contributed by atoms with Gasteiger partial charge in [0.2, 0.25) is 0 Å². The zero-order valence-corrected chi connectivity index (χ0v) is 8.69. The first kappa shape index (κ1) is 13.1. The smallest absolute Gasteiger partial charge is 0.338 e. The van der Waals surface area contributed by atoms with E-state index in [0.717, 1.165) is 0 Å². The summed E-state index contributed by atoms with van der Waals surface area (Å²) < 4.78 is 4.80. The Kier molecular flexibility index (Phi) is 8.94. The molecule has 0 rings (SSSR count). The molecule has 0 heterocycles. The monoisotopic (exact) mass is 220 g/mol. The maximum atomic E-state index is 10.5. The van der Waals surface area contributed by atoms with Crippen LogP contribution in [-0.2, 0) is 9.53 Å². The first-order chi connectivity index (χ1) is 5.09. The van der Waals surface area contributed by atoms with Crippen LogP contribution in [0.1, 0.15) is 13.8 Å². The third-order valence-electron chi connectivity index (χ3n) is 0.759. The van der Waals surface area contributed by atoms with Crippen LogP contribution in [0.3, 0.4) is 0 Å². The van der Waals surface area contributed by atoms with E-state index in [1.54, 1.807) is 0 Å². The highest BCUT2D eigenvalue weighted by molar-refractivity contribution is 9.12. The number of rotatable bonds is 2. The Morgan fingerprint density at radius 1 is 1.36 bits per heavy atom. The Hall–Kier alpha value is -0.570. The van der Waals surface area contributed by atoms with Crippen molar-refractivity contribution in [1.82, 2.24) is 0 Å². The van der Waals surface area contributed by atoms with Crippen molar-refractivity contribution in [2.45, 2.75) is 13.8 Å². The van der Waals surface area contributed by atoms with E-state index >= 15 is 0 Å². The number of carbonyl (C=O) groups is 1. The quantitative estimate of drug-likeness (QED) is 0.407. The molecular weight excluding hydrogens is 208 g/mol. The molecule has 64 valence electrons. The maximum Gasteiger partial charge on any atom is 0.338 e. The lowest BCUT2D eigenvalue weighted by molar-refractivity contribution is -0.135. The van der Waals surface area contributed by atoms with Gasteiger partial charge in [-0.25, -0.2) is 4.79 Å². The third kappa shape index (κ3) is 5.85. The van der Waals surface area contributed by atoms with E-state index in [4.69, 9.17) is 0 Å². The molecule has 0 radical (unpaired) electrons. The molecule has 0 unspecified atom stereocenters. The summed E-state index contributed by atoms with van der Waals surface area (Å²) in [5.41, 5.74) is 0.248. The highest BCUT2D eigenvalue weighted by Gasteiger charge is 2.06. The van der Waals surface area contributed by atoms with Crippen LogP contribution < -0.4 is 0 Å². The van der Waals surface area contributed by atoms with Gasteiger partial charge in [0.05, 0.1) is 12.7 Å². The minimum absolute atomic E-state index is 0.248. The van der Waals surface area contributed by atoms with Gasteiger partial charge in [0.25, 0.3) is 0 Å². The topological polar surface area (TPSA) is 26.3 Å². The van der Waals surface area contributed by atoms with Gasteiger partial charge in [-0.15, -0.1) is 0 Å². The molecule has 0 aromatic rings. The number of carbonyl (C=O) groups excluding carboxylic acids is 1. The molecule has 0 aliphatic rings. The van der Waals surface area contributed by atoms with Gasteiger partial charge in [-0.2, -0.15) is 0 Å². The Morgan fingerprint density at radius 2 is 1.73 bits per heavy atom. The van der Waals surface area contributed by atoms with Crippen molar-refractivity contribution in [3.8, 4) is 0 Å². The lowest BCUT2D eigenvalue weighted by Crippen LogP contribution is -2.02. The minimum Gasteiger partial charge on any atom is -0.465 e. The normalized spacial score (nSPS) is 7.27. The van der Waals surface area contributed by atoms with Crippen molar-refractivity contribution in [2.24, 2.45) is 0 Å². The van der Waals surface area contributed by atoms with Crippen LogP contribution in [0.25, 0.3) is 0 Å². The molecule has 0 aliphatic heterocycles. The van der Waals surface area contributed by atoms with Crippen LogP contribution >= 0.6 is 15.9 Å². The van der Waals surface area contributed by atoms with E-state index in [0.29, 0.717) is 4.48 Å². The molecule has 0 aliphatic carbocycles. The molecule has 0 saturated heterocycles. The predicted octanol–water partition coefficient (Wildman–Crippen LogP) is 2.65. The Balaban J connectivity index is 0. The first-order valence-electron chi connectivity index (χ1n) is 3.21. The van der Waals surface area contributed by atoms with Crippen LogP contribution in [0, 0.1) is 0 Å². The molecular formula is C8H13BrO2. The highest BCUT2D eigenvalue weighted by Crippen LogP contribution is 2.12. The summed E-state index contributed by atoms with van der Waals surface area (Å²) in [6.45, 7) is 10.8. The fraction of sp³-hybridized carbons (Fsp3) is 0.375. The van der Waals surface area contributed by atoms with E-state index in [-0.39, 0.29) is 5.57 Å². The lowest BCUT2D eigenvalue weighted by atomic mass is 10.3. The summed E-state index contributed by atoms with van der Waals surface area (Å²) in [5, 5.41) is 0. The summed E-state index contributed by atoms with van der Waals surface area (Å²) in [6, 6.07) is 0. The SMILES string of the molecule is C=C(Br)C(=C)C(=O)OC.CC. The van der Waals surface area contributed by atoms with Gasteiger partial charge in [0.15, 0.2) is 0 Å². The zero-order valence-electron chi connectivity index (χ0n) is 7.11. The highest BCUT2D eigenvalue weighted by atomic mass is 79.9. The van der Waals surface area contributed by atoms with Crippen LogP contribution in [0.15, 0.2) is 23.2 Å². The van der Waals surface area contributed by atoms with Gasteiger partial charge in [-0.1, -0.05) is 42.9 Å². The van der Waals surface area contributed by atoms with Crippen molar-refractivity contribution < 1.29 is 9.53 Å². The number of hydrogen-bond donors (Lipinski definition) is 0. The number of esters is 1. The van der Waals surface area contributed by atoms with Gasteiger partial charge in [-0.05, 0) is 0 Å². The largest absolute Gasteiger partial charge is 0.465 e. The van der Waals surface area contributed by atoms with Gasteiger partial charge in [-0.3, -0.25) is 0 Å². The molecule has 0 aromatic heterocycles. The Labute approximate surface area is 76.1 Å². The van der Waals surface area contributed by atoms with Crippen LogP contribution in [-0.4, -0.2) is 13.1 Å². The predicted molar refractivity (Wildman–Crippen MR) is 50.6 cm³/mol. The minimum atomic E-state index is -0.461. The van der Waals surface area contributed by atoms with Gasteiger partial charge >= 0.3 is 5.97 Å². The van der Waals surface area contributed by atoms with Crippen molar-refractivity contribution in [2.75, 3.05) is 7.11 Å². The molecule has 2 nitrogen and oxygen atoms in total. The molecule has 0 N–H and O–H groups in total. The van der Waals surface area contributed by atoms with E-state index in [1.807, 2.05) is 13.8 Å². The van der Waals surface area contributed by atoms with Gasteiger partial charge < -0.3 is 4.74 Å². The van der Waals surface area contributed by atoms with E-state index in [1.165, 1.54) is 7.11 Å². The Morgan fingerprint density at radius 3 is 1.82 bits per heavy atom. The standard InChI is InChI=1S/C6H7BrO2.C2H6/c1-4(5(2)7)6(8)9-3;1-2/h1-2H2,3H3;1-2H3. The summed E-state index contributed by atoms with van der Waals surface area (Å²) in [5.74, 6) is -0.461. The average molecular weight is 221 g/mol.